The number of rotatable bonds is 2. The smallest absolute Gasteiger partial charge is 0.216 e. The molecule has 15 heavy (non-hydrogen) atoms. The molecule has 0 saturated heterocycles. The molecule has 5 heteroatoms. The van der Waals surface area contributed by atoms with Gasteiger partial charge >= 0.3 is 0 Å². The Morgan fingerprint density at radius 3 is 2.73 bits per heavy atom. The van der Waals surface area contributed by atoms with E-state index >= 15 is 0 Å². The molecular formula is C10H10FN3S. The maximum Gasteiger partial charge on any atom is 0.216 e. The number of halogens is 1. The molecule has 0 amide bonds. The van der Waals surface area contributed by atoms with Gasteiger partial charge < -0.3 is 0 Å². The van der Waals surface area contributed by atoms with E-state index in [-0.39, 0.29) is 0 Å². The third-order valence-corrected chi connectivity index (χ3v) is 3.01. The molecule has 2 rings (SSSR count). The Bertz CT molecular complexity index is 467. The lowest BCUT2D eigenvalue weighted by molar-refractivity contribution is 0.581. The van der Waals surface area contributed by atoms with Crippen LogP contribution in [-0.2, 0) is 0 Å². The summed E-state index contributed by atoms with van der Waals surface area (Å²) in [7, 11) is 0. The fourth-order valence-corrected chi connectivity index (χ4v) is 1.93. The first-order valence-corrected chi connectivity index (χ1v) is 5.49. The van der Waals surface area contributed by atoms with Crippen LogP contribution in [0, 0.1) is 5.95 Å². The lowest BCUT2D eigenvalue weighted by atomic mass is 10.2. The number of nitrogens with zero attached hydrogens (tertiary/aromatic N) is 3. The van der Waals surface area contributed by atoms with Gasteiger partial charge in [-0.1, -0.05) is 13.8 Å². The molecule has 0 aliphatic heterocycles. The van der Waals surface area contributed by atoms with E-state index < -0.39 is 5.95 Å². The van der Waals surface area contributed by atoms with E-state index in [1.165, 1.54) is 12.3 Å². The summed E-state index contributed by atoms with van der Waals surface area (Å²) in [5.41, 5.74) is 0.642. The zero-order valence-corrected chi connectivity index (χ0v) is 9.25. The van der Waals surface area contributed by atoms with Gasteiger partial charge in [-0.3, -0.25) is 0 Å². The van der Waals surface area contributed by atoms with Crippen LogP contribution in [0.1, 0.15) is 24.8 Å². The van der Waals surface area contributed by atoms with E-state index in [9.17, 15) is 4.39 Å². The van der Waals surface area contributed by atoms with Crippen LogP contribution in [0.4, 0.5) is 4.39 Å². The van der Waals surface area contributed by atoms with Crippen molar-refractivity contribution in [2.24, 2.45) is 0 Å². The van der Waals surface area contributed by atoms with Gasteiger partial charge in [-0.15, -0.1) is 11.3 Å². The maximum absolute atomic E-state index is 12.8. The van der Waals surface area contributed by atoms with Crippen molar-refractivity contribution in [1.82, 2.24) is 15.0 Å². The predicted molar refractivity (Wildman–Crippen MR) is 57.2 cm³/mol. The fraction of sp³-hybridized carbons (Fsp3) is 0.300. The summed E-state index contributed by atoms with van der Waals surface area (Å²) in [6.45, 7) is 4.13. The highest BCUT2D eigenvalue weighted by Gasteiger charge is 2.09. The Morgan fingerprint density at radius 2 is 2.13 bits per heavy atom. The van der Waals surface area contributed by atoms with E-state index in [1.54, 1.807) is 11.3 Å². The molecule has 0 unspecified atom stereocenters. The second kappa shape index (κ2) is 4.02. The third kappa shape index (κ3) is 2.18. The summed E-state index contributed by atoms with van der Waals surface area (Å²) in [5.74, 6) is 0.189. The van der Waals surface area contributed by atoms with Gasteiger partial charge in [-0.25, -0.2) is 9.97 Å². The predicted octanol–water partition coefficient (Wildman–Crippen LogP) is 2.86. The summed E-state index contributed by atoms with van der Waals surface area (Å²) < 4.78 is 12.8. The minimum atomic E-state index is -0.529. The zero-order valence-electron chi connectivity index (χ0n) is 8.44. The summed E-state index contributed by atoms with van der Waals surface area (Å²) >= 11 is 1.54. The van der Waals surface area contributed by atoms with Gasteiger partial charge in [0, 0.05) is 23.6 Å². The molecule has 2 aromatic heterocycles. The summed E-state index contributed by atoms with van der Waals surface area (Å²) in [5, 5.41) is 2.86. The Labute approximate surface area is 91.0 Å². The second-order valence-electron chi connectivity index (χ2n) is 3.43. The van der Waals surface area contributed by atoms with Crippen LogP contribution in [0.3, 0.4) is 0 Å². The van der Waals surface area contributed by atoms with E-state index in [2.05, 4.69) is 28.8 Å². The molecule has 2 aromatic rings. The van der Waals surface area contributed by atoms with Gasteiger partial charge in [0.15, 0.2) is 5.82 Å². The molecule has 0 radical (unpaired) electrons. The number of thiazole rings is 1. The topological polar surface area (TPSA) is 38.7 Å². The van der Waals surface area contributed by atoms with E-state index in [4.69, 9.17) is 0 Å². The first-order chi connectivity index (χ1) is 7.16. The Kier molecular flexibility index (Phi) is 2.73. The fourth-order valence-electron chi connectivity index (χ4n) is 1.12. The van der Waals surface area contributed by atoms with E-state index in [0.29, 0.717) is 17.4 Å². The van der Waals surface area contributed by atoms with Crippen LogP contribution in [0.5, 0.6) is 0 Å². The van der Waals surface area contributed by atoms with Crippen LogP contribution in [0.2, 0.25) is 0 Å². The van der Waals surface area contributed by atoms with Crippen molar-refractivity contribution in [3.8, 4) is 11.5 Å². The van der Waals surface area contributed by atoms with Crippen molar-refractivity contribution in [2.75, 3.05) is 0 Å². The van der Waals surface area contributed by atoms with Crippen LogP contribution in [0.25, 0.3) is 11.5 Å². The van der Waals surface area contributed by atoms with Crippen LogP contribution in [0.15, 0.2) is 17.6 Å². The minimum absolute atomic E-state index is 0.346. The standard InChI is InChI=1S/C10H10FN3S/c1-6(2)10-13-7(5-15-10)9-12-4-3-8(11)14-9/h3-6H,1-2H3. The van der Waals surface area contributed by atoms with Crippen molar-refractivity contribution >= 4 is 11.3 Å². The van der Waals surface area contributed by atoms with Crippen LogP contribution in [-0.4, -0.2) is 15.0 Å². The van der Waals surface area contributed by atoms with E-state index in [1.807, 2.05) is 5.38 Å². The Hall–Kier alpha value is -1.36. The lowest BCUT2D eigenvalue weighted by Crippen LogP contribution is -1.92. The van der Waals surface area contributed by atoms with Crippen molar-refractivity contribution in [3.05, 3.63) is 28.6 Å². The number of hydrogen-bond acceptors (Lipinski definition) is 4. The van der Waals surface area contributed by atoms with Crippen LogP contribution < -0.4 is 0 Å². The third-order valence-electron chi connectivity index (χ3n) is 1.87. The molecule has 0 aliphatic carbocycles. The minimum Gasteiger partial charge on any atom is -0.238 e. The van der Waals surface area contributed by atoms with Gasteiger partial charge in [0.2, 0.25) is 5.95 Å². The zero-order chi connectivity index (χ0) is 10.8. The first-order valence-electron chi connectivity index (χ1n) is 4.61. The van der Waals surface area contributed by atoms with Crippen molar-refractivity contribution in [2.45, 2.75) is 19.8 Å². The van der Waals surface area contributed by atoms with Gasteiger partial charge in [-0.2, -0.15) is 9.37 Å². The molecule has 0 saturated carbocycles. The summed E-state index contributed by atoms with van der Waals surface area (Å²) in [6, 6.07) is 1.22. The molecule has 0 N–H and O–H groups in total. The molecule has 0 aromatic carbocycles. The van der Waals surface area contributed by atoms with Crippen molar-refractivity contribution < 1.29 is 4.39 Å². The van der Waals surface area contributed by atoms with Gasteiger partial charge in [0.1, 0.15) is 5.69 Å². The Balaban J connectivity index is 2.37. The average molecular weight is 223 g/mol. The summed E-state index contributed by atoms with van der Waals surface area (Å²) in [6.07, 6.45) is 1.39. The molecule has 0 bridgehead atoms. The lowest BCUT2D eigenvalue weighted by Gasteiger charge is -1.96. The second-order valence-corrected chi connectivity index (χ2v) is 4.32. The molecule has 0 atom stereocenters. The number of aromatic nitrogens is 3. The van der Waals surface area contributed by atoms with Gasteiger partial charge in [0.25, 0.3) is 0 Å². The quantitative estimate of drug-likeness (QED) is 0.735. The monoisotopic (exact) mass is 223 g/mol. The number of hydrogen-bond donors (Lipinski definition) is 0. The molecular weight excluding hydrogens is 213 g/mol. The van der Waals surface area contributed by atoms with Gasteiger partial charge in [-0.05, 0) is 0 Å². The molecule has 0 aliphatic rings. The highest BCUT2D eigenvalue weighted by molar-refractivity contribution is 7.10. The molecule has 2 heterocycles. The molecule has 78 valence electrons. The van der Waals surface area contributed by atoms with Gasteiger partial charge in [0.05, 0.1) is 5.01 Å². The van der Waals surface area contributed by atoms with Crippen LogP contribution >= 0.6 is 11.3 Å². The highest BCUT2D eigenvalue weighted by atomic mass is 32.1. The molecule has 3 nitrogen and oxygen atoms in total. The van der Waals surface area contributed by atoms with Crippen molar-refractivity contribution in [3.63, 3.8) is 0 Å². The summed E-state index contributed by atoms with van der Waals surface area (Å²) in [4.78, 5) is 12.0. The normalized spacial score (nSPS) is 10.9. The average Bonchev–Trinajstić information content (AvgIpc) is 2.66. The van der Waals surface area contributed by atoms with E-state index in [0.717, 1.165) is 5.01 Å². The Morgan fingerprint density at radius 1 is 1.33 bits per heavy atom. The SMILES string of the molecule is CC(C)c1nc(-c2nccc(F)n2)cs1. The van der Waals surface area contributed by atoms with Crippen molar-refractivity contribution in [1.29, 1.82) is 0 Å². The molecule has 0 fully saturated rings. The largest absolute Gasteiger partial charge is 0.238 e. The highest BCUT2D eigenvalue weighted by Crippen LogP contribution is 2.23. The molecule has 0 spiro atoms. The first kappa shape index (κ1) is 10.2. The maximum atomic E-state index is 12.8.